The van der Waals surface area contributed by atoms with Crippen molar-refractivity contribution in [3.05, 3.63) is 0 Å². The zero-order valence-electron chi connectivity index (χ0n) is 16.7. The predicted octanol–water partition coefficient (Wildman–Crippen LogP) is 2.15. The summed E-state index contributed by atoms with van der Waals surface area (Å²) in [4.78, 5) is 15.5. The molecule has 0 aromatic rings. The van der Waals surface area contributed by atoms with Crippen LogP contribution in [-0.2, 0) is 9.53 Å². The molecular weight excluding hydrogens is 314 g/mol. The molecule has 0 radical (unpaired) electrons. The van der Waals surface area contributed by atoms with Gasteiger partial charge in [0.25, 0.3) is 0 Å². The summed E-state index contributed by atoms with van der Waals surface area (Å²) in [6.07, 6.45) is 6.91. The largest absolute Gasteiger partial charge is 0.377 e. The van der Waals surface area contributed by atoms with Crippen LogP contribution in [0.15, 0.2) is 0 Å². The Morgan fingerprint density at radius 1 is 1.28 bits per heavy atom. The number of ether oxygens (including phenoxy) is 1. The summed E-state index contributed by atoms with van der Waals surface area (Å²) < 4.78 is 5.94. The normalized spacial score (nSPS) is 43.2. The first-order valence-corrected chi connectivity index (χ1v) is 10.0. The molecule has 0 aromatic heterocycles. The van der Waals surface area contributed by atoms with Crippen molar-refractivity contribution in [1.82, 2.24) is 10.2 Å². The van der Waals surface area contributed by atoms with Gasteiger partial charge in [-0.3, -0.25) is 4.79 Å². The van der Waals surface area contributed by atoms with E-state index in [4.69, 9.17) is 10.5 Å². The monoisotopic (exact) mass is 351 g/mol. The minimum Gasteiger partial charge on any atom is -0.377 e. The van der Waals surface area contributed by atoms with Gasteiger partial charge in [0.1, 0.15) is 5.54 Å². The molecule has 5 nitrogen and oxygen atoms in total. The van der Waals surface area contributed by atoms with Crippen molar-refractivity contribution in [2.45, 2.75) is 76.5 Å². The van der Waals surface area contributed by atoms with Crippen molar-refractivity contribution in [2.75, 3.05) is 27.2 Å². The van der Waals surface area contributed by atoms with E-state index in [9.17, 15) is 4.79 Å². The predicted molar refractivity (Wildman–Crippen MR) is 100 cm³/mol. The third kappa shape index (κ3) is 2.83. The molecule has 0 aromatic carbocycles. The molecule has 25 heavy (non-hydrogen) atoms. The maximum absolute atomic E-state index is 13.2. The number of likely N-dealkylation sites (N-methyl/N-ethyl adjacent to an activating group) is 1. The summed E-state index contributed by atoms with van der Waals surface area (Å²) in [6, 6.07) is 0. The minimum absolute atomic E-state index is 0.0173. The van der Waals surface area contributed by atoms with E-state index >= 15 is 0 Å². The molecule has 0 spiro atoms. The van der Waals surface area contributed by atoms with Crippen molar-refractivity contribution >= 4 is 5.91 Å². The summed E-state index contributed by atoms with van der Waals surface area (Å²) in [5.41, 5.74) is 5.67. The lowest BCUT2D eigenvalue weighted by molar-refractivity contribution is -0.225. The van der Waals surface area contributed by atoms with Gasteiger partial charge in [-0.15, -0.1) is 0 Å². The smallest absolute Gasteiger partial charge is 0.241 e. The zero-order chi connectivity index (χ0) is 18.5. The Balaban J connectivity index is 1.71. The molecule has 1 heterocycles. The molecule has 3 N–H and O–H groups in total. The number of rotatable bonds is 4. The van der Waals surface area contributed by atoms with Crippen LogP contribution in [0.1, 0.15) is 59.3 Å². The Morgan fingerprint density at radius 3 is 2.64 bits per heavy atom. The second-order valence-electron chi connectivity index (χ2n) is 9.63. The first-order chi connectivity index (χ1) is 11.6. The van der Waals surface area contributed by atoms with Crippen LogP contribution in [0.25, 0.3) is 0 Å². The highest BCUT2D eigenvalue weighted by atomic mass is 16.5. The Bertz CT molecular complexity index is 521. The number of hydrogen-bond donors (Lipinski definition) is 2. The number of nitrogens with one attached hydrogen (secondary N) is 1. The van der Waals surface area contributed by atoms with Crippen molar-refractivity contribution in [3.8, 4) is 0 Å². The van der Waals surface area contributed by atoms with E-state index in [2.05, 4.69) is 45.1 Å². The lowest BCUT2D eigenvalue weighted by Crippen LogP contribution is -2.82. The van der Waals surface area contributed by atoms with Crippen LogP contribution in [0.3, 0.4) is 0 Å². The van der Waals surface area contributed by atoms with E-state index in [1.165, 1.54) is 12.8 Å². The van der Waals surface area contributed by atoms with Gasteiger partial charge in [-0.1, -0.05) is 33.6 Å². The van der Waals surface area contributed by atoms with Crippen LogP contribution < -0.4 is 11.1 Å². The minimum atomic E-state index is -0.814. The second kappa shape index (κ2) is 6.50. The molecule has 3 fully saturated rings. The summed E-state index contributed by atoms with van der Waals surface area (Å²) >= 11 is 0. The molecule has 0 bridgehead atoms. The molecular formula is C20H37N3O2. The summed E-state index contributed by atoms with van der Waals surface area (Å²) in [5.74, 6) is 0.872. The quantitative estimate of drug-likeness (QED) is 0.814. The van der Waals surface area contributed by atoms with Gasteiger partial charge in [0, 0.05) is 30.0 Å². The first kappa shape index (κ1) is 19.1. The van der Waals surface area contributed by atoms with Crippen LogP contribution in [0.4, 0.5) is 0 Å². The van der Waals surface area contributed by atoms with Gasteiger partial charge in [0.05, 0.1) is 6.10 Å². The number of amides is 1. The van der Waals surface area contributed by atoms with Crippen LogP contribution in [0.5, 0.6) is 0 Å². The number of nitrogens with two attached hydrogens (primary N) is 1. The maximum Gasteiger partial charge on any atom is 0.241 e. The molecule has 2 aliphatic carbocycles. The van der Waals surface area contributed by atoms with Crippen LogP contribution in [0.2, 0.25) is 0 Å². The second-order valence-corrected chi connectivity index (χ2v) is 9.63. The Kier molecular flexibility index (Phi) is 4.97. The van der Waals surface area contributed by atoms with Gasteiger partial charge in [-0.05, 0) is 45.7 Å². The van der Waals surface area contributed by atoms with Crippen LogP contribution >= 0.6 is 0 Å². The molecule has 5 atom stereocenters. The van der Waals surface area contributed by atoms with E-state index in [1.54, 1.807) is 0 Å². The van der Waals surface area contributed by atoms with Gasteiger partial charge in [0.2, 0.25) is 5.91 Å². The SMILES string of the molecule is CC1CCCC(CNC(=O)C2(N)C3CCCOC3C2(C)C)(N(C)C)C1. The fourth-order valence-corrected chi connectivity index (χ4v) is 5.79. The lowest BCUT2D eigenvalue weighted by atomic mass is 9.46. The highest BCUT2D eigenvalue weighted by molar-refractivity contribution is 5.89. The molecule has 1 aliphatic heterocycles. The van der Waals surface area contributed by atoms with Crippen molar-refractivity contribution < 1.29 is 9.53 Å². The summed E-state index contributed by atoms with van der Waals surface area (Å²) in [6.45, 7) is 7.98. The fourth-order valence-electron chi connectivity index (χ4n) is 5.79. The van der Waals surface area contributed by atoms with Crippen molar-refractivity contribution in [1.29, 1.82) is 0 Å². The van der Waals surface area contributed by atoms with Crippen molar-refractivity contribution in [3.63, 3.8) is 0 Å². The molecule has 1 saturated heterocycles. The molecule has 5 unspecified atom stereocenters. The van der Waals surface area contributed by atoms with Gasteiger partial charge < -0.3 is 20.7 Å². The number of nitrogens with zero attached hydrogens (tertiary/aromatic N) is 1. The third-order valence-corrected chi connectivity index (χ3v) is 7.65. The number of hydrogen-bond acceptors (Lipinski definition) is 4. The number of carbonyl (C=O) groups is 1. The topological polar surface area (TPSA) is 67.6 Å². The average molecular weight is 352 g/mol. The van der Waals surface area contributed by atoms with Crippen molar-refractivity contribution in [2.24, 2.45) is 23.0 Å². The number of fused-ring (bicyclic) bond motifs is 1. The average Bonchev–Trinajstić information content (AvgIpc) is 2.58. The van der Waals surface area contributed by atoms with E-state index in [-0.39, 0.29) is 28.9 Å². The van der Waals surface area contributed by atoms with Gasteiger partial charge in [-0.25, -0.2) is 0 Å². The Labute approximate surface area is 153 Å². The van der Waals surface area contributed by atoms with E-state index < -0.39 is 5.54 Å². The molecule has 3 aliphatic rings. The number of carbonyl (C=O) groups excluding carboxylic acids is 1. The van der Waals surface area contributed by atoms with Crippen LogP contribution in [-0.4, -0.2) is 55.2 Å². The van der Waals surface area contributed by atoms with Crippen LogP contribution in [0, 0.1) is 17.3 Å². The fraction of sp³-hybridized carbons (Fsp3) is 0.950. The van der Waals surface area contributed by atoms with E-state index in [0.29, 0.717) is 12.5 Å². The summed E-state index contributed by atoms with van der Waals surface area (Å²) in [7, 11) is 4.28. The molecule has 3 rings (SSSR count). The zero-order valence-corrected chi connectivity index (χ0v) is 16.7. The standard InChI is InChI=1S/C20H37N3O2/c1-14-8-6-10-19(12-14,23(4)5)13-22-17(24)20(21)15-9-7-11-25-16(15)18(20,2)3/h14-16H,6-13,21H2,1-5H3,(H,22,24). The van der Waals surface area contributed by atoms with E-state index in [0.717, 1.165) is 32.3 Å². The van der Waals surface area contributed by atoms with Gasteiger partial charge >= 0.3 is 0 Å². The lowest BCUT2D eigenvalue weighted by Gasteiger charge is -2.65. The molecule has 5 heteroatoms. The highest BCUT2D eigenvalue weighted by Crippen LogP contribution is 2.57. The Hall–Kier alpha value is -0.650. The first-order valence-electron chi connectivity index (χ1n) is 10.0. The van der Waals surface area contributed by atoms with E-state index in [1.807, 2.05) is 0 Å². The molecule has 2 saturated carbocycles. The molecule has 1 amide bonds. The third-order valence-electron chi connectivity index (χ3n) is 7.65. The van der Waals surface area contributed by atoms with Gasteiger partial charge in [-0.2, -0.15) is 0 Å². The highest BCUT2D eigenvalue weighted by Gasteiger charge is 2.70. The summed E-state index contributed by atoms with van der Waals surface area (Å²) in [5, 5.41) is 3.27. The Morgan fingerprint density at radius 2 is 2.00 bits per heavy atom. The van der Waals surface area contributed by atoms with Gasteiger partial charge in [0.15, 0.2) is 0 Å². The molecule has 144 valence electrons. The maximum atomic E-state index is 13.2.